The van der Waals surface area contributed by atoms with Gasteiger partial charge in [-0.2, -0.15) is 13.2 Å². The van der Waals surface area contributed by atoms with Gasteiger partial charge in [0, 0.05) is 0 Å². The number of carbonyl (C=O) groups excluding carboxylic acids is 1. The number of hydrogen-bond donors (Lipinski definition) is 2. The second-order valence-corrected chi connectivity index (χ2v) is 4.94. The summed E-state index contributed by atoms with van der Waals surface area (Å²) in [7, 11) is 1.65. The minimum Gasteiger partial charge on any atom is -0.348 e. The number of carbonyl (C=O) groups is 1. The molecule has 0 aromatic heterocycles. The van der Waals surface area contributed by atoms with Crippen molar-refractivity contribution in [2.24, 2.45) is 5.92 Å². The fourth-order valence-electron chi connectivity index (χ4n) is 1.90. The third-order valence-corrected chi connectivity index (χ3v) is 2.92. The molecule has 0 heterocycles. The van der Waals surface area contributed by atoms with E-state index >= 15 is 0 Å². The first-order chi connectivity index (χ1) is 9.25. The van der Waals surface area contributed by atoms with Crippen LogP contribution in [0.2, 0.25) is 0 Å². The van der Waals surface area contributed by atoms with Gasteiger partial charge in [0.1, 0.15) is 0 Å². The average Bonchev–Trinajstić information content (AvgIpc) is 2.35. The molecular formula is C14H19F3N2O. The third kappa shape index (κ3) is 4.52. The van der Waals surface area contributed by atoms with E-state index in [1.165, 1.54) is 12.1 Å². The quantitative estimate of drug-likeness (QED) is 0.874. The topological polar surface area (TPSA) is 41.1 Å². The van der Waals surface area contributed by atoms with E-state index in [0.717, 1.165) is 12.1 Å². The monoisotopic (exact) mass is 288 g/mol. The van der Waals surface area contributed by atoms with Crippen LogP contribution in [0, 0.1) is 5.92 Å². The van der Waals surface area contributed by atoms with Crippen molar-refractivity contribution in [1.29, 1.82) is 0 Å². The van der Waals surface area contributed by atoms with Gasteiger partial charge in [-0.3, -0.25) is 4.79 Å². The first-order valence-electron chi connectivity index (χ1n) is 6.36. The van der Waals surface area contributed by atoms with E-state index in [4.69, 9.17) is 0 Å². The Bertz CT molecular complexity index is 441. The highest BCUT2D eigenvalue weighted by Gasteiger charge is 2.30. The lowest BCUT2D eigenvalue weighted by atomic mass is 9.95. The number of hydrogen-bond acceptors (Lipinski definition) is 2. The molecule has 0 aliphatic rings. The zero-order valence-corrected chi connectivity index (χ0v) is 11.7. The molecule has 1 rings (SSSR count). The van der Waals surface area contributed by atoms with Crippen LogP contribution >= 0.6 is 0 Å². The molecule has 0 bridgehead atoms. The normalized spacial score (nSPS) is 13.3. The Labute approximate surface area is 116 Å². The van der Waals surface area contributed by atoms with Gasteiger partial charge in [0.15, 0.2) is 0 Å². The molecule has 0 radical (unpaired) electrons. The fraction of sp³-hybridized carbons (Fsp3) is 0.500. The maximum absolute atomic E-state index is 12.5. The molecular weight excluding hydrogens is 269 g/mol. The van der Waals surface area contributed by atoms with Gasteiger partial charge in [0.05, 0.1) is 18.2 Å². The van der Waals surface area contributed by atoms with Gasteiger partial charge in [0.2, 0.25) is 5.91 Å². The van der Waals surface area contributed by atoms with Crippen molar-refractivity contribution in [2.75, 3.05) is 13.6 Å². The summed E-state index contributed by atoms with van der Waals surface area (Å²) >= 11 is 0. The molecule has 1 atom stereocenters. The highest BCUT2D eigenvalue weighted by molar-refractivity contribution is 5.78. The molecule has 3 nitrogen and oxygen atoms in total. The molecule has 6 heteroatoms. The molecule has 112 valence electrons. The molecule has 0 fully saturated rings. The van der Waals surface area contributed by atoms with Crippen molar-refractivity contribution in [3.63, 3.8) is 0 Å². The standard InChI is InChI=1S/C14H19F3N2O/c1-9(2)13(19-12(20)8-18-3)10-4-6-11(7-5-10)14(15,16)17/h4-7,9,13,18H,8H2,1-3H3,(H,19,20). The van der Waals surface area contributed by atoms with Crippen LogP contribution in [0.1, 0.15) is 31.0 Å². The van der Waals surface area contributed by atoms with Gasteiger partial charge < -0.3 is 10.6 Å². The van der Waals surface area contributed by atoms with Crippen molar-refractivity contribution in [1.82, 2.24) is 10.6 Å². The number of likely N-dealkylation sites (N-methyl/N-ethyl adjacent to an activating group) is 1. The second-order valence-electron chi connectivity index (χ2n) is 4.94. The van der Waals surface area contributed by atoms with Crippen molar-refractivity contribution in [3.8, 4) is 0 Å². The van der Waals surface area contributed by atoms with Crippen LogP contribution < -0.4 is 10.6 Å². The van der Waals surface area contributed by atoms with E-state index in [2.05, 4.69) is 10.6 Å². The molecule has 20 heavy (non-hydrogen) atoms. The highest BCUT2D eigenvalue weighted by Crippen LogP contribution is 2.31. The van der Waals surface area contributed by atoms with E-state index in [-0.39, 0.29) is 24.4 Å². The molecule has 1 aromatic rings. The van der Waals surface area contributed by atoms with Crippen molar-refractivity contribution < 1.29 is 18.0 Å². The van der Waals surface area contributed by atoms with Crippen molar-refractivity contribution >= 4 is 5.91 Å². The number of benzene rings is 1. The Morgan fingerprint density at radius 1 is 1.20 bits per heavy atom. The molecule has 1 amide bonds. The van der Waals surface area contributed by atoms with Crippen LogP contribution in [0.4, 0.5) is 13.2 Å². The Balaban J connectivity index is 2.90. The Kier molecular flexibility index (Phi) is 5.56. The minimum atomic E-state index is -4.35. The Hall–Kier alpha value is -1.56. The smallest absolute Gasteiger partial charge is 0.348 e. The first kappa shape index (κ1) is 16.5. The molecule has 1 unspecified atom stereocenters. The number of halogens is 3. The summed E-state index contributed by atoms with van der Waals surface area (Å²) < 4.78 is 37.5. The number of alkyl halides is 3. The van der Waals surface area contributed by atoms with Gasteiger partial charge in [-0.25, -0.2) is 0 Å². The van der Waals surface area contributed by atoms with Crippen LogP contribution in [0.15, 0.2) is 24.3 Å². The summed E-state index contributed by atoms with van der Waals surface area (Å²) in [5.74, 6) is -0.112. The largest absolute Gasteiger partial charge is 0.416 e. The Morgan fingerprint density at radius 2 is 1.75 bits per heavy atom. The lowest BCUT2D eigenvalue weighted by molar-refractivity contribution is -0.137. The maximum atomic E-state index is 12.5. The third-order valence-electron chi connectivity index (χ3n) is 2.92. The predicted octanol–water partition coefficient (Wildman–Crippen LogP) is 2.74. The number of amides is 1. The van der Waals surface area contributed by atoms with Crippen molar-refractivity contribution in [2.45, 2.75) is 26.1 Å². The molecule has 1 aromatic carbocycles. The number of rotatable bonds is 5. The predicted molar refractivity (Wildman–Crippen MR) is 71.1 cm³/mol. The van der Waals surface area contributed by atoms with Crippen LogP contribution in [0.5, 0.6) is 0 Å². The maximum Gasteiger partial charge on any atom is 0.416 e. The molecule has 0 spiro atoms. The molecule has 0 aliphatic carbocycles. The van der Waals surface area contributed by atoms with Crippen LogP contribution in [-0.4, -0.2) is 19.5 Å². The van der Waals surface area contributed by atoms with E-state index in [1.807, 2.05) is 13.8 Å². The highest BCUT2D eigenvalue weighted by atomic mass is 19.4. The van der Waals surface area contributed by atoms with Crippen LogP contribution in [0.3, 0.4) is 0 Å². The van der Waals surface area contributed by atoms with E-state index in [1.54, 1.807) is 7.05 Å². The summed E-state index contributed by atoms with van der Waals surface area (Å²) in [4.78, 5) is 11.6. The van der Waals surface area contributed by atoms with Gasteiger partial charge in [-0.05, 0) is 30.7 Å². The summed E-state index contributed by atoms with van der Waals surface area (Å²) in [5, 5.41) is 5.54. The summed E-state index contributed by atoms with van der Waals surface area (Å²) in [5.41, 5.74) is -0.0252. The van der Waals surface area contributed by atoms with Crippen LogP contribution in [0.25, 0.3) is 0 Å². The van der Waals surface area contributed by atoms with Gasteiger partial charge >= 0.3 is 6.18 Å². The zero-order valence-electron chi connectivity index (χ0n) is 11.7. The summed E-state index contributed by atoms with van der Waals surface area (Å²) in [6, 6.07) is 4.59. The van der Waals surface area contributed by atoms with Gasteiger partial charge in [0.25, 0.3) is 0 Å². The van der Waals surface area contributed by atoms with Crippen LogP contribution in [-0.2, 0) is 11.0 Å². The van der Waals surface area contributed by atoms with E-state index < -0.39 is 11.7 Å². The zero-order chi connectivity index (χ0) is 15.3. The first-order valence-corrected chi connectivity index (χ1v) is 6.36. The lowest BCUT2D eigenvalue weighted by Gasteiger charge is -2.23. The lowest BCUT2D eigenvalue weighted by Crippen LogP contribution is -2.37. The van der Waals surface area contributed by atoms with Gasteiger partial charge in [-0.1, -0.05) is 26.0 Å². The van der Waals surface area contributed by atoms with E-state index in [0.29, 0.717) is 5.56 Å². The van der Waals surface area contributed by atoms with Gasteiger partial charge in [-0.15, -0.1) is 0 Å². The molecule has 0 saturated heterocycles. The summed E-state index contributed by atoms with van der Waals surface area (Å²) in [6.07, 6.45) is -4.35. The number of nitrogens with one attached hydrogen (secondary N) is 2. The second kappa shape index (κ2) is 6.74. The fourth-order valence-corrected chi connectivity index (χ4v) is 1.90. The minimum absolute atomic E-state index is 0.0764. The Morgan fingerprint density at radius 3 is 2.15 bits per heavy atom. The summed E-state index contributed by atoms with van der Waals surface area (Å²) in [6.45, 7) is 3.98. The molecule has 0 aliphatic heterocycles. The van der Waals surface area contributed by atoms with E-state index in [9.17, 15) is 18.0 Å². The molecule has 0 saturated carbocycles. The molecule has 2 N–H and O–H groups in total. The average molecular weight is 288 g/mol. The van der Waals surface area contributed by atoms with Crippen molar-refractivity contribution in [3.05, 3.63) is 35.4 Å². The SMILES string of the molecule is CNCC(=O)NC(c1ccc(C(F)(F)F)cc1)C(C)C.